The van der Waals surface area contributed by atoms with Gasteiger partial charge in [0.25, 0.3) is 0 Å². The summed E-state index contributed by atoms with van der Waals surface area (Å²) >= 11 is 0. The highest BCUT2D eigenvalue weighted by molar-refractivity contribution is 5.86. The number of ether oxygens (including phenoxy) is 2. The molecular formula is C17H21NO5. The third kappa shape index (κ3) is 2.67. The molecule has 2 aliphatic heterocycles. The minimum atomic E-state index is -1.13. The molecule has 23 heavy (non-hydrogen) atoms. The zero-order valence-corrected chi connectivity index (χ0v) is 13.2. The van der Waals surface area contributed by atoms with Gasteiger partial charge in [0, 0.05) is 19.1 Å². The predicted octanol–water partition coefficient (Wildman–Crippen LogP) is 2.28. The Morgan fingerprint density at radius 2 is 1.96 bits per heavy atom. The molecule has 124 valence electrons. The number of hydrogen-bond donors (Lipinski definition) is 1. The summed E-state index contributed by atoms with van der Waals surface area (Å²) in [6, 6.07) is 9.35. The van der Waals surface area contributed by atoms with Gasteiger partial charge in [-0.15, -0.1) is 0 Å². The van der Waals surface area contributed by atoms with Crippen molar-refractivity contribution in [2.75, 3.05) is 20.3 Å². The number of methoxy groups -OCH3 is 1. The van der Waals surface area contributed by atoms with Crippen molar-refractivity contribution >= 4 is 12.1 Å². The second-order valence-electron chi connectivity index (χ2n) is 6.57. The molecule has 1 N–H and O–H groups in total. The fraction of sp³-hybridized carbons (Fsp3) is 0.529. The van der Waals surface area contributed by atoms with Crippen LogP contribution in [0.4, 0.5) is 4.79 Å². The van der Waals surface area contributed by atoms with Crippen LogP contribution in [-0.4, -0.2) is 47.9 Å². The number of carboxylic acids is 1. The minimum absolute atomic E-state index is 0.108. The lowest BCUT2D eigenvalue weighted by atomic mass is 9.52. The maximum atomic E-state index is 12.4. The summed E-state index contributed by atoms with van der Waals surface area (Å²) in [6.07, 6.45) is 1.06. The van der Waals surface area contributed by atoms with E-state index < -0.39 is 17.6 Å². The summed E-state index contributed by atoms with van der Waals surface area (Å²) in [4.78, 5) is 25.5. The van der Waals surface area contributed by atoms with Crippen molar-refractivity contribution in [3.05, 3.63) is 35.9 Å². The number of hydrogen-bond acceptors (Lipinski definition) is 4. The molecule has 2 heterocycles. The van der Waals surface area contributed by atoms with Crippen molar-refractivity contribution in [2.24, 2.45) is 5.41 Å². The number of nitrogens with zero attached hydrogens (tertiary/aromatic N) is 1. The lowest BCUT2D eigenvalue weighted by molar-refractivity contribution is -0.190. The lowest BCUT2D eigenvalue weighted by Gasteiger charge is -2.62. The molecule has 2 bridgehead atoms. The summed E-state index contributed by atoms with van der Waals surface area (Å²) in [7, 11) is 1.62. The molecule has 1 saturated carbocycles. The van der Waals surface area contributed by atoms with Crippen molar-refractivity contribution in [3.8, 4) is 0 Å². The van der Waals surface area contributed by atoms with Gasteiger partial charge in [-0.2, -0.15) is 0 Å². The second kappa shape index (κ2) is 5.85. The number of carbonyl (C=O) groups excluding carboxylic acids is 1. The van der Waals surface area contributed by atoms with Gasteiger partial charge in [0.05, 0.1) is 6.61 Å². The zero-order chi connectivity index (χ0) is 16.5. The van der Waals surface area contributed by atoms with Gasteiger partial charge in [0.1, 0.15) is 12.1 Å². The van der Waals surface area contributed by atoms with Gasteiger partial charge in [-0.25, -0.2) is 9.59 Å². The Labute approximate surface area is 135 Å². The quantitative estimate of drug-likeness (QED) is 0.901. The van der Waals surface area contributed by atoms with E-state index in [-0.39, 0.29) is 12.0 Å². The molecule has 1 aromatic rings. The van der Waals surface area contributed by atoms with Crippen LogP contribution in [0.1, 0.15) is 24.8 Å². The number of carboxylic acid groups (broad SMARTS) is 1. The van der Waals surface area contributed by atoms with Gasteiger partial charge in [-0.3, -0.25) is 4.90 Å². The second-order valence-corrected chi connectivity index (χ2v) is 6.57. The van der Waals surface area contributed by atoms with Crippen molar-refractivity contribution in [2.45, 2.75) is 31.4 Å². The Morgan fingerprint density at radius 1 is 1.26 bits per heavy atom. The maximum absolute atomic E-state index is 12.4. The van der Waals surface area contributed by atoms with Gasteiger partial charge in [0.15, 0.2) is 0 Å². The fourth-order valence-electron chi connectivity index (χ4n) is 3.93. The molecule has 2 saturated heterocycles. The molecule has 0 aromatic heterocycles. The number of carbonyl (C=O) groups is 2. The molecule has 0 radical (unpaired) electrons. The highest BCUT2D eigenvalue weighted by Gasteiger charge is 2.66. The van der Waals surface area contributed by atoms with Gasteiger partial charge in [0.2, 0.25) is 0 Å². The molecule has 6 heteroatoms. The van der Waals surface area contributed by atoms with Crippen molar-refractivity contribution in [1.82, 2.24) is 4.90 Å². The van der Waals surface area contributed by atoms with Crippen LogP contribution in [0, 0.1) is 5.41 Å². The van der Waals surface area contributed by atoms with Crippen LogP contribution in [0.15, 0.2) is 30.3 Å². The van der Waals surface area contributed by atoms with E-state index in [0.29, 0.717) is 26.0 Å². The molecule has 3 aliphatic rings. The van der Waals surface area contributed by atoms with Crippen molar-refractivity contribution < 1.29 is 24.2 Å². The number of amides is 1. The van der Waals surface area contributed by atoms with Crippen LogP contribution >= 0.6 is 0 Å². The number of fused-ring (bicyclic) bond motifs is 2. The third-order valence-corrected chi connectivity index (χ3v) is 4.99. The van der Waals surface area contributed by atoms with Gasteiger partial charge < -0.3 is 14.6 Å². The first-order valence-electron chi connectivity index (χ1n) is 7.72. The van der Waals surface area contributed by atoms with E-state index >= 15 is 0 Å². The molecule has 0 atom stereocenters. The van der Waals surface area contributed by atoms with E-state index in [1.54, 1.807) is 7.11 Å². The molecule has 0 unspecified atom stereocenters. The summed E-state index contributed by atoms with van der Waals surface area (Å²) in [5, 5.41) is 9.63. The SMILES string of the molecule is COCC12CCN(C(=O)OCc3ccccc3)C(C(=O)O)(C1)C2. The topological polar surface area (TPSA) is 76.1 Å². The highest BCUT2D eigenvalue weighted by Crippen LogP contribution is 2.58. The Kier molecular flexibility index (Phi) is 4.02. The standard InChI is InChI=1S/C17H21NO5/c1-22-12-16-7-8-18(17(10-16,11-16)14(19)20)15(21)23-9-13-5-3-2-4-6-13/h2-6H,7-12H2,1H3,(H,19,20). The number of rotatable bonds is 5. The molecule has 1 aliphatic carbocycles. The average molecular weight is 319 g/mol. The van der Waals surface area contributed by atoms with Crippen LogP contribution < -0.4 is 0 Å². The van der Waals surface area contributed by atoms with Crippen LogP contribution in [0.25, 0.3) is 0 Å². The minimum Gasteiger partial charge on any atom is -0.479 e. The van der Waals surface area contributed by atoms with Crippen molar-refractivity contribution in [1.29, 1.82) is 0 Å². The summed E-state index contributed by atoms with van der Waals surface area (Å²) in [5.41, 5.74) is -0.363. The molecular weight excluding hydrogens is 298 g/mol. The third-order valence-electron chi connectivity index (χ3n) is 4.99. The fourth-order valence-corrected chi connectivity index (χ4v) is 3.93. The lowest BCUT2D eigenvalue weighted by Crippen LogP contribution is -2.73. The summed E-state index contributed by atoms with van der Waals surface area (Å²) in [5.74, 6) is -0.958. The molecule has 6 nitrogen and oxygen atoms in total. The predicted molar refractivity (Wildman–Crippen MR) is 81.9 cm³/mol. The first kappa shape index (κ1) is 15.8. The number of aliphatic carboxylic acids is 1. The zero-order valence-electron chi connectivity index (χ0n) is 13.2. The van der Waals surface area contributed by atoms with E-state index in [1.807, 2.05) is 30.3 Å². The van der Waals surface area contributed by atoms with E-state index in [1.165, 1.54) is 4.90 Å². The van der Waals surface area contributed by atoms with E-state index in [0.717, 1.165) is 12.0 Å². The number of benzene rings is 1. The normalized spacial score (nSPS) is 28.8. The Bertz CT molecular complexity index is 594. The largest absolute Gasteiger partial charge is 0.479 e. The summed E-state index contributed by atoms with van der Waals surface area (Å²) < 4.78 is 10.5. The van der Waals surface area contributed by atoms with E-state index in [2.05, 4.69) is 0 Å². The average Bonchev–Trinajstić information content (AvgIpc) is 2.53. The monoisotopic (exact) mass is 319 g/mol. The first-order valence-corrected chi connectivity index (χ1v) is 7.72. The van der Waals surface area contributed by atoms with Crippen LogP contribution in [0.2, 0.25) is 0 Å². The molecule has 0 spiro atoms. The Morgan fingerprint density at radius 3 is 2.57 bits per heavy atom. The van der Waals surface area contributed by atoms with E-state index in [4.69, 9.17) is 9.47 Å². The van der Waals surface area contributed by atoms with Gasteiger partial charge in [-0.1, -0.05) is 30.3 Å². The highest BCUT2D eigenvalue weighted by atomic mass is 16.6. The Balaban J connectivity index is 1.67. The molecule has 1 aromatic carbocycles. The van der Waals surface area contributed by atoms with Crippen LogP contribution in [0.5, 0.6) is 0 Å². The first-order chi connectivity index (χ1) is 11.0. The molecule has 1 amide bonds. The van der Waals surface area contributed by atoms with Crippen molar-refractivity contribution in [3.63, 3.8) is 0 Å². The molecule has 4 rings (SSSR count). The Hall–Kier alpha value is -2.08. The number of piperidine rings is 2. The smallest absolute Gasteiger partial charge is 0.411 e. The summed E-state index contributed by atoms with van der Waals surface area (Å²) in [6.45, 7) is 1.08. The van der Waals surface area contributed by atoms with Crippen LogP contribution in [0.3, 0.4) is 0 Å². The van der Waals surface area contributed by atoms with Gasteiger partial charge in [-0.05, 0) is 24.8 Å². The molecule has 3 fully saturated rings. The maximum Gasteiger partial charge on any atom is 0.411 e. The van der Waals surface area contributed by atoms with Crippen LogP contribution in [-0.2, 0) is 20.9 Å². The van der Waals surface area contributed by atoms with E-state index in [9.17, 15) is 14.7 Å². The van der Waals surface area contributed by atoms with Gasteiger partial charge >= 0.3 is 12.1 Å².